The van der Waals surface area contributed by atoms with Crippen LogP contribution in [-0.2, 0) is 6.54 Å². The minimum absolute atomic E-state index is 0.943. The van der Waals surface area contributed by atoms with E-state index < -0.39 is 0 Å². The number of hydrogen-bond donors (Lipinski definition) is 0. The summed E-state index contributed by atoms with van der Waals surface area (Å²) < 4.78 is 0. The molecule has 0 aromatic heterocycles. The number of likely N-dealkylation sites (tertiary alicyclic amines) is 1. The van der Waals surface area contributed by atoms with E-state index in [0.717, 1.165) is 12.5 Å². The van der Waals surface area contributed by atoms with Crippen LogP contribution in [0, 0.1) is 5.92 Å². The minimum Gasteiger partial charge on any atom is -0.299 e. The molecule has 76 valence electrons. The second-order valence-electron chi connectivity index (χ2n) is 4.28. The van der Waals surface area contributed by atoms with Crippen LogP contribution in [0.15, 0.2) is 30.3 Å². The van der Waals surface area contributed by atoms with E-state index in [4.69, 9.17) is 0 Å². The van der Waals surface area contributed by atoms with Gasteiger partial charge in [0.15, 0.2) is 0 Å². The molecule has 1 atom stereocenters. The van der Waals surface area contributed by atoms with E-state index in [1.165, 1.54) is 31.5 Å². The quantitative estimate of drug-likeness (QED) is 0.706. The fourth-order valence-electron chi connectivity index (χ4n) is 2.23. The lowest BCUT2D eigenvalue weighted by Crippen LogP contribution is -2.19. The maximum Gasteiger partial charge on any atom is 0.0233 e. The second kappa shape index (κ2) is 4.61. The first-order valence-electron chi connectivity index (χ1n) is 5.64. The molecule has 0 bridgehead atoms. The zero-order chi connectivity index (χ0) is 9.80. The summed E-state index contributed by atoms with van der Waals surface area (Å²) >= 11 is 0. The molecule has 1 aromatic carbocycles. The molecule has 0 amide bonds. The molecule has 1 saturated heterocycles. The molecule has 14 heavy (non-hydrogen) atoms. The van der Waals surface area contributed by atoms with Crippen molar-refractivity contribution in [2.24, 2.45) is 5.92 Å². The van der Waals surface area contributed by atoms with E-state index in [9.17, 15) is 0 Å². The van der Waals surface area contributed by atoms with Crippen LogP contribution in [-0.4, -0.2) is 18.0 Å². The van der Waals surface area contributed by atoms with Gasteiger partial charge >= 0.3 is 0 Å². The molecular formula is C13H19N. The van der Waals surface area contributed by atoms with Gasteiger partial charge in [-0.1, -0.05) is 43.7 Å². The molecule has 1 heteroatoms. The molecule has 1 fully saturated rings. The molecule has 1 aliphatic rings. The van der Waals surface area contributed by atoms with Crippen LogP contribution in [0.5, 0.6) is 0 Å². The zero-order valence-electron chi connectivity index (χ0n) is 8.95. The van der Waals surface area contributed by atoms with E-state index in [-0.39, 0.29) is 0 Å². The van der Waals surface area contributed by atoms with Gasteiger partial charge in [0.2, 0.25) is 0 Å². The zero-order valence-corrected chi connectivity index (χ0v) is 8.95. The van der Waals surface area contributed by atoms with Crippen molar-refractivity contribution in [3.8, 4) is 0 Å². The lowest BCUT2D eigenvalue weighted by Gasteiger charge is -2.15. The summed E-state index contributed by atoms with van der Waals surface area (Å²) in [6.07, 6.45) is 2.73. The summed E-state index contributed by atoms with van der Waals surface area (Å²) in [5.74, 6) is 0.943. The Morgan fingerprint density at radius 2 is 2.07 bits per heavy atom. The first-order valence-corrected chi connectivity index (χ1v) is 5.64. The maximum atomic E-state index is 2.57. The average molecular weight is 189 g/mol. The smallest absolute Gasteiger partial charge is 0.0233 e. The van der Waals surface area contributed by atoms with Gasteiger partial charge < -0.3 is 0 Å². The van der Waals surface area contributed by atoms with Crippen molar-refractivity contribution in [3.05, 3.63) is 35.9 Å². The number of rotatable bonds is 3. The molecule has 0 saturated carbocycles. The number of nitrogens with zero attached hydrogens (tertiary/aromatic N) is 1. The number of hydrogen-bond acceptors (Lipinski definition) is 1. The van der Waals surface area contributed by atoms with E-state index in [1.54, 1.807) is 0 Å². The molecule has 1 nitrogen and oxygen atoms in total. The van der Waals surface area contributed by atoms with E-state index in [1.807, 2.05) is 0 Å². The Morgan fingerprint density at radius 1 is 1.29 bits per heavy atom. The summed E-state index contributed by atoms with van der Waals surface area (Å²) in [5.41, 5.74) is 1.45. The Morgan fingerprint density at radius 3 is 2.71 bits per heavy atom. The van der Waals surface area contributed by atoms with Gasteiger partial charge in [0.1, 0.15) is 0 Å². The Balaban J connectivity index is 1.88. The number of benzene rings is 1. The molecule has 0 aliphatic carbocycles. The van der Waals surface area contributed by atoms with Crippen LogP contribution in [0.3, 0.4) is 0 Å². The summed E-state index contributed by atoms with van der Waals surface area (Å²) in [4.78, 5) is 2.57. The van der Waals surface area contributed by atoms with Crippen LogP contribution in [0.2, 0.25) is 0 Å². The highest BCUT2D eigenvalue weighted by molar-refractivity contribution is 5.14. The normalized spacial score (nSPS) is 22.8. The van der Waals surface area contributed by atoms with Gasteiger partial charge in [-0.2, -0.15) is 0 Å². The minimum atomic E-state index is 0.943. The SMILES string of the molecule is CC[C@@H]1CCN(Cc2ccccc2)C1. The molecule has 1 aromatic rings. The van der Waals surface area contributed by atoms with Crippen LogP contribution >= 0.6 is 0 Å². The van der Waals surface area contributed by atoms with Gasteiger partial charge in [-0.15, -0.1) is 0 Å². The average Bonchev–Trinajstić information content (AvgIpc) is 2.67. The van der Waals surface area contributed by atoms with Gasteiger partial charge in [0, 0.05) is 13.1 Å². The van der Waals surface area contributed by atoms with E-state index in [0.29, 0.717) is 0 Å². The Labute approximate surface area is 86.7 Å². The third-order valence-corrected chi connectivity index (χ3v) is 3.20. The predicted molar refractivity (Wildman–Crippen MR) is 60.1 cm³/mol. The summed E-state index contributed by atoms with van der Waals surface area (Å²) in [5, 5.41) is 0. The molecule has 0 N–H and O–H groups in total. The van der Waals surface area contributed by atoms with E-state index in [2.05, 4.69) is 42.2 Å². The van der Waals surface area contributed by atoms with Gasteiger partial charge in [-0.3, -0.25) is 4.90 Å². The first kappa shape index (κ1) is 9.72. The molecule has 2 rings (SSSR count). The van der Waals surface area contributed by atoms with Gasteiger partial charge in [-0.05, 0) is 24.4 Å². The van der Waals surface area contributed by atoms with Gasteiger partial charge in [0.25, 0.3) is 0 Å². The van der Waals surface area contributed by atoms with Crippen LogP contribution in [0.4, 0.5) is 0 Å². The maximum absolute atomic E-state index is 2.57. The molecule has 0 spiro atoms. The molecule has 1 heterocycles. The van der Waals surface area contributed by atoms with Crippen molar-refractivity contribution in [1.29, 1.82) is 0 Å². The molecule has 1 aliphatic heterocycles. The largest absolute Gasteiger partial charge is 0.299 e. The summed E-state index contributed by atoms with van der Waals surface area (Å²) in [7, 11) is 0. The summed E-state index contributed by atoms with van der Waals surface area (Å²) in [6, 6.07) is 10.8. The highest BCUT2D eigenvalue weighted by Crippen LogP contribution is 2.20. The van der Waals surface area contributed by atoms with Gasteiger partial charge in [-0.25, -0.2) is 0 Å². The first-order chi connectivity index (χ1) is 6.88. The Bertz CT molecular complexity index is 268. The standard InChI is InChI=1S/C13H19N/c1-2-12-8-9-14(10-12)11-13-6-4-3-5-7-13/h3-7,12H,2,8-11H2,1H3/t12-/m1/s1. The molecular weight excluding hydrogens is 170 g/mol. The van der Waals surface area contributed by atoms with Crippen molar-refractivity contribution < 1.29 is 0 Å². The van der Waals surface area contributed by atoms with Crippen LogP contribution < -0.4 is 0 Å². The predicted octanol–water partition coefficient (Wildman–Crippen LogP) is 2.92. The van der Waals surface area contributed by atoms with Crippen molar-refractivity contribution >= 4 is 0 Å². The second-order valence-corrected chi connectivity index (χ2v) is 4.28. The lowest BCUT2D eigenvalue weighted by molar-refractivity contribution is 0.315. The monoisotopic (exact) mass is 189 g/mol. The highest BCUT2D eigenvalue weighted by Gasteiger charge is 2.20. The van der Waals surface area contributed by atoms with Crippen molar-refractivity contribution in [1.82, 2.24) is 4.90 Å². The summed E-state index contributed by atoms with van der Waals surface area (Å²) in [6.45, 7) is 6.02. The van der Waals surface area contributed by atoms with Crippen LogP contribution in [0.1, 0.15) is 25.3 Å². The highest BCUT2D eigenvalue weighted by atomic mass is 15.1. The van der Waals surface area contributed by atoms with Crippen LogP contribution in [0.25, 0.3) is 0 Å². The van der Waals surface area contributed by atoms with Crippen molar-refractivity contribution in [3.63, 3.8) is 0 Å². The Hall–Kier alpha value is -0.820. The third kappa shape index (κ3) is 2.36. The van der Waals surface area contributed by atoms with Gasteiger partial charge in [0.05, 0.1) is 0 Å². The fourth-order valence-corrected chi connectivity index (χ4v) is 2.23. The third-order valence-electron chi connectivity index (χ3n) is 3.20. The lowest BCUT2D eigenvalue weighted by atomic mass is 10.1. The Kier molecular flexibility index (Phi) is 3.20. The van der Waals surface area contributed by atoms with E-state index >= 15 is 0 Å². The molecule has 0 unspecified atom stereocenters. The topological polar surface area (TPSA) is 3.24 Å². The molecule has 0 radical (unpaired) electrons. The fraction of sp³-hybridized carbons (Fsp3) is 0.538. The van der Waals surface area contributed by atoms with Crippen molar-refractivity contribution in [2.75, 3.05) is 13.1 Å². The van der Waals surface area contributed by atoms with Crippen molar-refractivity contribution in [2.45, 2.75) is 26.3 Å².